The minimum atomic E-state index is -0.979. The molecule has 0 N–H and O–H groups in total. The van der Waals surface area contributed by atoms with Gasteiger partial charge in [0, 0.05) is 12.1 Å². The van der Waals surface area contributed by atoms with E-state index in [1.165, 1.54) is 6.08 Å². The van der Waals surface area contributed by atoms with Crippen molar-refractivity contribution in [2.24, 2.45) is 0 Å². The number of aryl methyl sites for hydroxylation is 1. The van der Waals surface area contributed by atoms with Gasteiger partial charge in [0.1, 0.15) is 0 Å². The number of rotatable bonds is 7. The number of carbonyl (C=O) groups excluding carboxylic acids is 4. The first-order valence-electron chi connectivity index (χ1n) is 7.40. The van der Waals surface area contributed by atoms with Gasteiger partial charge in [-0.05, 0) is 12.0 Å². The van der Waals surface area contributed by atoms with Gasteiger partial charge in [-0.2, -0.15) is 0 Å². The van der Waals surface area contributed by atoms with E-state index in [1.807, 2.05) is 12.1 Å². The van der Waals surface area contributed by atoms with Crippen LogP contribution in [0.15, 0.2) is 36.9 Å². The normalized spacial score (nSPS) is 14.6. The third kappa shape index (κ3) is 3.36. The Morgan fingerprint density at radius 1 is 1.09 bits per heavy atom. The van der Waals surface area contributed by atoms with Crippen LogP contribution >= 0.6 is 0 Å². The molecule has 120 valence electrons. The van der Waals surface area contributed by atoms with E-state index in [9.17, 15) is 19.2 Å². The van der Waals surface area contributed by atoms with Gasteiger partial charge in [0.2, 0.25) is 0 Å². The predicted octanol–water partition coefficient (Wildman–Crippen LogP) is 1.80. The molecule has 0 saturated carbocycles. The molecule has 0 unspecified atom stereocenters. The van der Waals surface area contributed by atoms with E-state index in [1.54, 1.807) is 12.1 Å². The molecule has 23 heavy (non-hydrogen) atoms. The van der Waals surface area contributed by atoms with Crippen molar-refractivity contribution in [3.8, 4) is 0 Å². The Kier molecular flexibility index (Phi) is 5.05. The molecule has 0 spiro atoms. The molecule has 4 amide bonds. The third-order valence-corrected chi connectivity index (χ3v) is 3.56. The van der Waals surface area contributed by atoms with Crippen molar-refractivity contribution in [3.05, 3.63) is 48.0 Å². The molecule has 1 heterocycles. The van der Waals surface area contributed by atoms with E-state index in [2.05, 4.69) is 13.5 Å². The Hall–Kier alpha value is -2.76. The zero-order chi connectivity index (χ0) is 17.0. The Morgan fingerprint density at radius 2 is 1.70 bits per heavy atom. The Labute approximate surface area is 134 Å². The zero-order valence-corrected chi connectivity index (χ0v) is 12.9. The van der Waals surface area contributed by atoms with Gasteiger partial charge >= 0.3 is 17.8 Å². The summed E-state index contributed by atoms with van der Waals surface area (Å²) in [6.45, 7) is 5.00. The molecule has 0 aromatic heterocycles. The van der Waals surface area contributed by atoms with Gasteiger partial charge in [-0.3, -0.25) is 19.3 Å². The number of nitrogens with zero attached hydrogens (tertiary/aromatic N) is 2. The maximum atomic E-state index is 12.2. The van der Waals surface area contributed by atoms with Crippen molar-refractivity contribution in [3.63, 3.8) is 0 Å². The van der Waals surface area contributed by atoms with Crippen molar-refractivity contribution in [1.29, 1.82) is 0 Å². The van der Waals surface area contributed by atoms with Crippen molar-refractivity contribution in [2.75, 3.05) is 13.1 Å². The largest absolute Gasteiger partial charge is 0.334 e. The molecule has 1 aromatic rings. The summed E-state index contributed by atoms with van der Waals surface area (Å²) < 4.78 is 0. The SMILES string of the molecule is C=CCN1C(=O)C(=O)N(CC(=O)c2ccc(CCC)cc2)C1=O. The molecule has 6 nitrogen and oxygen atoms in total. The molecule has 6 heteroatoms. The van der Waals surface area contributed by atoms with Crippen molar-refractivity contribution < 1.29 is 19.2 Å². The van der Waals surface area contributed by atoms with Crippen LogP contribution in [0.1, 0.15) is 29.3 Å². The van der Waals surface area contributed by atoms with Crippen LogP contribution in [-0.2, 0) is 16.0 Å². The number of imide groups is 2. The van der Waals surface area contributed by atoms with Gasteiger partial charge in [0.25, 0.3) is 0 Å². The minimum absolute atomic E-state index is 0.0557. The lowest BCUT2D eigenvalue weighted by Crippen LogP contribution is -2.37. The fraction of sp³-hybridized carbons (Fsp3) is 0.294. The van der Waals surface area contributed by atoms with Crippen LogP contribution in [0.3, 0.4) is 0 Å². The van der Waals surface area contributed by atoms with Crippen LogP contribution in [0, 0.1) is 0 Å². The molecule has 0 aliphatic carbocycles. The van der Waals surface area contributed by atoms with Crippen LogP contribution in [-0.4, -0.2) is 46.5 Å². The van der Waals surface area contributed by atoms with Crippen LogP contribution in [0.5, 0.6) is 0 Å². The molecule has 1 fully saturated rings. The maximum absolute atomic E-state index is 12.2. The first kappa shape index (κ1) is 16.6. The second kappa shape index (κ2) is 7.00. The summed E-state index contributed by atoms with van der Waals surface area (Å²) in [6, 6.07) is 6.25. The second-order valence-electron chi connectivity index (χ2n) is 5.25. The molecule has 1 aliphatic heterocycles. The lowest BCUT2D eigenvalue weighted by atomic mass is 10.1. The molecule has 0 bridgehead atoms. The van der Waals surface area contributed by atoms with E-state index in [0.29, 0.717) is 10.5 Å². The quantitative estimate of drug-likeness (QED) is 0.333. The molecule has 0 radical (unpaired) electrons. The lowest BCUT2D eigenvalue weighted by molar-refractivity contribution is -0.142. The van der Waals surface area contributed by atoms with Crippen LogP contribution in [0.4, 0.5) is 4.79 Å². The lowest BCUT2D eigenvalue weighted by Gasteiger charge is -2.13. The number of urea groups is 1. The summed E-state index contributed by atoms with van der Waals surface area (Å²) in [5.41, 5.74) is 1.52. The number of hydrogen-bond acceptors (Lipinski definition) is 4. The highest BCUT2D eigenvalue weighted by Gasteiger charge is 2.44. The monoisotopic (exact) mass is 314 g/mol. The summed E-state index contributed by atoms with van der Waals surface area (Å²) in [5.74, 6) is -2.29. The van der Waals surface area contributed by atoms with Crippen molar-refractivity contribution in [2.45, 2.75) is 19.8 Å². The van der Waals surface area contributed by atoms with Gasteiger partial charge in [0.15, 0.2) is 5.78 Å². The summed E-state index contributed by atoms with van der Waals surface area (Å²) in [5, 5.41) is 0. The maximum Gasteiger partial charge on any atom is 0.334 e. The summed E-state index contributed by atoms with van der Waals surface area (Å²) in [4.78, 5) is 49.3. The predicted molar refractivity (Wildman–Crippen MR) is 83.8 cm³/mol. The molecule has 1 aromatic carbocycles. The van der Waals surface area contributed by atoms with E-state index in [4.69, 9.17) is 0 Å². The van der Waals surface area contributed by atoms with E-state index in [0.717, 1.165) is 23.3 Å². The average molecular weight is 314 g/mol. The van der Waals surface area contributed by atoms with Crippen LogP contribution in [0.25, 0.3) is 0 Å². The van der Waals surface area contributed by atoms with Crippen LogP contribution in [0.2, 0.25) is 0 Å². The highest BCUT2D eigenvalue weighted by Crippen LogP contribution is 2.14. The highest BCUT2D eigenvalue weighted by molar-refractivity contribution is 6.45. The molecular weight excluding hydrogens is 296 g/mol. The average Bonchev–Trinajstić information content (AvgIpc) is 2.74. The van der Waals surface area contributed by atoms with Gasteiger partial charge in [-0.25, -0.2) is 9.69 Å². The second-order valence-corrected chi connectivity index (χ2v) is 5.25. The minimum Gasteiger partial charge on any atom is -0.292 e. The number of benzene rings is 1. The third-order valence-electron chi connectivity index (χ3n) is 3.56. The summed E-state index contributed by atoms with van der Waals surface area (Å²) in [7, 11) is 0. The van der Waals surface area contributed by atoms with Crippen molar-refractivity contribution >= 4 is 23.6 Å². The Bertz CT molecular complexity index is 664. The molecule has 2 rings (SSSR count). The van der Waals surface area contributed by atoms with E-state index >= 15 is 0 Å². The summed E-state index contributed by atoms with van der Waals surface area (Å²) >= 11 is 0. The van der Waals surface area contributed by atoms with Gasteiger partial charge in [0.05, 0.1) is 6.54 Å². The number of ketones is 1. The summed E-state index contributed by atoms with van der Waals surface area (Å²) in [6.07, 6.45) is 3.27. The topological polar surface area (TPSA) is 74.8 Å². The molecule has 1 saturated heterocycles. The molecule has 0 atom stereocenters. The van der Waals surface area contributed by atoms with Gasteiger partial charge < -0.3 is 0 Å². The molecule has 1 aliphatic rings. The molecular formula is C17H18N2O4. The first-order chi connectivity index (χ1) is 11.0. The smallest absolute Gasteiger partial charge is 0.292 e. The number of hydrogen-bond donors (Lipinski definition) is 0. The Balaban J connectivity index is 2.10. The number of amides is 4. The van der Waals surface area contributed by atoms with Crippen molar-refractivity contribution in [1.82, 2.24) is 9.80 Å². The van der Waals surface area contributed by atoms with E-state index < -0.39 is 24.4 Å². The zero-order valence-electron chi connectivity index (χ0n) is 12.9. The highest BCUT2D eigenvalue weighted by atomic mass is 16.2. The first-order valence-corrected chi connectivity index (χ1v) is 7.40. The fourth-order valence-corrected chi connectivity index (χ4v) is 2.36. The van der Waals surface area contributed by atoms with Crippen LogP contribution < -0.4 is 0 Å². The fourth-order valence-electron chi connectivity index (χ4n) is 2.36. The standard InChI is InChI=1S/C17H18N2O4/c1-3-5-12-6-8-13(9-7-12)14(20)11-19-16(22)15(21)18(10-4-2)17(19)23/h4,6-9H,2-3,5,10-11H2,1H3. The van der Waals surface area contributed by atoms with Gasteiger partial charge in [-0.15, -0.1) is 6.58 Å². The Morgan fingerprint density at radius 3 is 2.26 bits per heavy atom. The number of carbonyl (C=O) groups is 4. The number of Topliss-reactive ketones (excluding diaryl/α,β-unsaturated/α-hetero) is 1. The van der Waals surface area contributed by atoms with Gasteiger partial charge in [-0.1, -0.05) is 43.7 Å². The van der Waals surface area contributed by atoms with E-state index in [-0.39, 0.29) is 12.3 Å².